The SMILES string of the molecule is Cc1ncc(CN)c(Oc2ccc(C)c(F)c2)n1. The molecular formula is C13H14FN3O. The predicted octanol–water partition coefficient (Wildman–Crippen LogP) is 2.48. The molecule has 1 aromatic carbocycles. The Bertz CT molecular complexity index is 572. The number of hydrogen-bond donors (Lipinski definition) is 1. The third-order valence-electron chi connectivity index (χ3n) is 2.52. The summed E-state index contributed by atoms with van der Waals surface area (Å²) in [5, 5.41) is 0. The van der Waals surface area contributed by atoms with E-state index in [-0.39, 0.29) is 12.4 Å². The minimum Gasteiger partial charge on any atom is -0.438 e. The van der Waals surface area contributed by atoms with Gasteiger partial charge in [0.1, 0.15) is 17.4 Å². The van der Waals surface area contributed by atoms with Crippen molar-refractivity contribution in [2.75, 3.05) is 0 Å². The van der Waals surface area contributed by atoms with E-state index in [1.54, 1.807) is 32.2 Å². The highest BCUT2D eigenvalue weighted by molar-refractivity contribution is 5.33. The lowest BCUT2D eigenvalue weighted by Crippen LogP contribution is -2.04. The van der Waals surface area contributed by atoms with Crippen molar-refractivity contribution in [1.29, 1.82) is 0 Å². The van der Waals surface area contributed by atoms with Crippen molar-refractivity contribution < 1.29 is 9.13 Å². The number of nitrogens with two attached hydrogens (primary N) is 1. The minimum absolute atomic E-state index is 0.268. The van der Waals surface area contributed by atoms with Gasteiger partial charge in [-0.05, 0) is 25.5 Å². The first-order valence-corrected chi connectivity index (χ1v) is 5.56. The van der Waals surface area contributed by atoms with E-state index in [1.807, 2.05) is 0 Å². The molecule has 5 heteroatoms. The minimum atomic E-state index is -0.312. The molecule has 0 fully saturated rings. The average Bonchev–Trinajstić information content (AvgIpc) is 2.34. The number of hydrogen-bond acceptors (Lipinski definition) is 4. The van der Waals surface area contributed by atoms with Gasteiger partial charge in [-0.3, -0.25) is 0 Å². The van der Waals surface area contributed by atoms with Crippen LogP contribution < -0.4 is 10.5 Å². The topological polar surface area (TPSA) is 61.0 Å². The summed E-state index contributed by atoms with van der Waals surface area (Å²) in [5.41, 5.74) is 6.83. The molecule has 0 aliphatic rings. The second-order valence-electron chi connectivity index (χ2n) is 3.96. The lowest BCUT2D eigenvalue weighted by atomic mass is 10.2. The first-order chi connectivity index (χ1) is 8.60. The van der Waals surface area contributed by atoms with Crippen LogP contribution >= 0.6 is 0 Å². The van der Waals surface area contributed by atoms with Gasteiger partial charge in [-0.2, -0.15) is 4.98 Å². The molecule has 4 nitrogen and oxygen atoms in total. The Labute approximate surface area is 105 Å². The Hall–Kier alpha value is -2.01. The van der Waals surface area contributed by atoms with Gasteiger partial charge < -0.3 is 10.5 Å². The van der Waals surface area contributed by atoms with Crippen molar-refractivity contribution in [2.24, 2.45) is 5.73 Å². The molecule has 2 N–H and O–H groups in total. The van der Waals surface area contributed by atoms with Crippen LogP contribution in [0.25, 0.3) is 0 Å². The number of aromatic nitrogens is 2. The molecule has 0 aliphatic carbocycles. The number of nitrogens with zero attached hydrogens (tertiary/aromatic N) is 2. The zero-order chi connectivity index (χ0) is 13.1. The van der Waals surface area contributed by atoms with Gasteiger partial charge in [0.05, 0.1) is 0 Å². The summed E-state index contributed by atoms with van der Waals surface area (Å²) in [6, 6.07) is 4.67. The highest BCUT2D eigenvalue weighted by atomic mass is 19.1. The second-order valence-corrected chi connectivity index (χ2v) is 3.96. The largest absolute Gasteiger partial charge is 0.438 e. The highest BCUT2D eigenvalue weighted by Gasteiger charge is 2.08. The smallest absolute Gasteiger partial charge is 0.227 e. The van der Waals surface area contributed by atoms with E-state index in [9.17, 15) is 4.39 Å². The molecule has 0 saturated heterocycles. The van der Waals surface area contributed by atoms with Crippen LogP contribution in [0.15, 0.2) is 24.4 Å². The van der Waals surface area contributed by atoms with Crippen molar-refractivity contribution in [3.63, 3.8) is 0 Å². The Morgan fingerprint density at radius 3 is 2.78 bits per heavy atom. The van der Waals surface area contributed by atoms with Crippen LogP contribution in [0.2, 0.25) is 0 Å². The quantitative estimate of drug-likeness (QED) is 0.905. The third-order valence-corrected chi connectivity index (χ3v) is 2.52. The molecule has 1 aromatic heterocycles. The fraction of sp³-hybridized carbons (Fsp3) is 0.231. The maximum absolute atomic E-state index is 13.4. The van der Waals surface area contributed by atoms with Gasteiger partial charge in [0, 0.05) is 24.4 Å². The Morgan fingerprint density at radius 2 is 2.11 bits per heavy atom. The first kappa shape index (κ1) is 12.4. The van der Waals surface area contributed by atoms with E-state index in [4.69, 9.17) is 10.5 Å². The van der Waals surface area contributed by atoms with E-state index in [1.165, 1.54) is 6.07 Å². The van der Waals surface area contributed by atoms with Crippen LogP contribution in [0.5, 0.6) is 11.6 Å². The Balaban J connectivity index is 2.33. The van der Waals surface area contributed by atoms with Gasteiger partial charge in [-0.15, -0.1) is 0 Å². The van der Waals surface area contributed by atoms with Crippen molar-refractivity contribution in [3.8, 4) is 11.6 Å². The molecule has 2 aromatic rings. The number of aryl methyl sites for hydroxylation is 2. The third kappa shape index (κ3) is 2.62. The molecule has 0 unspecified atom stereocenters. The summed E-state index contributed by atoms with van der Waals surface area (Å²) in [4.78, 5) is 8.19. The first-order valence-electron chi connectivity index (χ1n) is 5.56. The van der Waals surface area contributed by atoms with Crippen LogP contribution in [0.4, 0.5) is 4.39 Å². The van der Waals surface area contributed by atoms with Crippen LogP contribution in [0, 0.1) is 19.7 Å². The maximum atomic E-state index is 13.4. The lowest BCUT2D eigenvalue weighted by molar-refractivity contribution is 0.448. The fourth-order valence-electron chi connectivity index (χ4n) is 1.45. The number of ether oxygens (including phenoxy) is 1. The van der Waals surface area contributed by atoms with E-state index in [0.29, 0.717) is 28.6 Å². The van der Waals surface area contributed by atoms with Gasteiger partial charge in [-0.1, -0.05) is 6.07 Å². The summed E-state index contributed by atoms with van der Waals surface area (Å²) in [6.45, 7) is 3.71. The standard InChI is InChI=1S/C13H14FN3O/c1-8-3-4-11(5-12(8)14)18-13-10(6-15)7-16-9(2)17-13/h3-5,7H,6,15H2,1-2H3. The van der Waals surface area contributed by atoms with E-state index in [0.717, 1.165) is 0 Å². The molecule has 0 saturated carbocycles. The number of halogens is 1. The molecule has 0 bridgehead atoms. The van der Waals surface area contributed by atoms with Crippen molar-refractivity contribution >= 4 is 0 Å². The zero-order valence-electron chi connectivity index (χ0n) is 10.3. The molecule has 0 radical (unpaired) electrons. The zero-order valence-corrected chi connectivity index (χ0v) is 10.3. The van der Waals surface area contributed by atoms with Crippen LogP contribution in [-0.4, -0.2) is 9.97 Å². The van der Waals surface area contributed by atoms with Gasteiger partial charge in [0.15, 0.2) is 0 Å². The molecule has 0 amide bonds. The van der Waals surface area contributed by atoms with Crippen molar-refractivity contribution in [3.05, 3.63) is 47.2 Å². The molecule has 0 aliphatic heterocycles. The lowest BCUT2D eigenvalue weighted by Gasteiger charge is -2.09. The molecule has 0 atom stereocenters. The molecule has 2 rings (SSSR count). The van der Waals surface area contributed by atoms with Gasteiger partial charge in [0.2, 0.25) is 5.88 Å². The van der Waals surface area contributed by atoms with E-state index < -0.39 is 0 Å². The van der Waals surface area contributed by atoms with Crippen LogP contribution in [-0.2, 0) is 6.54 Å². The normalized spacial score (nSPS) is 10.4. The second kappa shape index (κ2) is 5.10. The Kier molecular flexibility index (Phi) is 3.53. The fourth-order valence-corrected chi connectivity index (χ4v) is 1.45. The monoisotopic (exact) mass is 247 g/mol. The summed E-state index contributed by atoms with van der Waals surface area (Å²) < 4.78 is 19.0. The summed E-state index contributed by atoms with van der Waals surface area (Å²) in [5.74, 6) is 1.03. The van der Waals surface area contributed by atoms with Crippen LogP contribution in [0.3, 0.4) is 0 Å². The molecule has 18 heavy (non-hydrogen) atoms. The Morgan fingerprint density at radius 1 is 1.33 bits per heavy atom. The molecule has 0 spiro atoms. The number of rotatable bonds is 3. The van der Waals surface area contributed by atoms with Gasteiger partial charge >= 0.3 is 0 Å². The summed E-state index contributed by atoms with van der Waals surface area (Å²) in [7, 11) is 0. The van der Waals surface area contributed by atoms with Crippen molar-refractivity contribution in [1.82, 2.24) is 9.97 Å². The maximum Gasteiger partial charge on any atom is 0.227 e. The molecule has 94 valence electrons. The summed E-state index contributed by atoms with van der Waals surface area (Å²) in [6.07, 6.45) is 1.61. The number of benzene rings is 1. The van der Waals surface area contributed by atoms with Gasteiger partial charge in [0.25, 0.3) is 0 Å². The predicted molar refractivity (Wildman–Crippen MR) is 65.9 cm³/mol. The van der Waals surface area contributed by atoms with Crippen molar-refractivity contribution in [2.45, 2.75) is 20.4 Å². The highest BCUT2D eigenvalue weighted by Crippen LogP contribution is 2.24. The average molecular weight is 247 g/mol. The van der Waals surface area contributed by atoms with E-state index in [2.05, 4.69) is 9.97 Å². The van der Waals surface area contributed by atoms with Crippen LogP contribution in [0.1, 0.15) is 17.0 Å². The van der Waals surface area contributed by atoms with Gasteiger partial charge in [-0.25, -0.2) is 9.37 Å². The van der Waals surface area contributed by atoms with E-state index >= 15 is 0 Å². The summed E-state index contributed by atoms with van der Waals surface area (Å²) >= 11 is 0. The molecule has 1 heterocycles. The molecular weight excluding hydrogens is 233 g/mol.